The van der Waals surface area contributed by atoms with Crippen LogP contribution in [-0.2, 0) is 4.79 Å². The topological polar surface area (TPSA) is 60.5 Å². The van der Waals surface area contributed by atoms with Crippen LogP contribution in [0.3, 0.4) is 0 Å². The zero-order valence-corrected chi connectivity index (χ0v) is 12.6. The van der Waals surface area contributed by atoms with Crippen LogP contribution in [0.4, 0.5) is 5.13 Å². The Balaban J connectivity index is 2.45. The van der Waals surface area contributed by atoms with E-state index in [-0.39, 0.29) is 5.91 Å². The first kappa shape index (κ1) is 14.3. The summed E-state index contributed by atoms with van der Waals surface area (Å²) in [5.74, 6) is 1.28. The average Bonchev–Trinajstić information content (AvgIpc) is 2.77. The molecule has 6 heteroatoms. The third kappa shape index (κ3) is 2.91. The number of carbonyl (C=O) groups is 1. The number of thiazole rings is 1. The van der Waals surface area contributed by atoms with Gasteiger partial charge in [-0.2, -0.15) is 0 Å². The van der Waals surface area contributed by atoms with E-state index in [9.17, 15) is 4.79 Å². The highest BCUT2D eigenvalue weighted by molar-refractivity contribution is 7.16. The third-order valence-corrected chi connectivity index (χ3v) is 3.63. The predicted octanol–water partition coefficient (Wildman–Crippen LogP) is 3.09. The predicted molar refractivity (Wildman–Crippen MR) is 79.7 cm³/mol. The van der Waals surface area contributed by atoms with E-state index in [4.69, 9.17) is 9.47 Å². The van der Waals surface area contributed by atoms with Crippen molar-refractivity contribution in [3.05, 3.63) is 23.1 Å². The lowest BCUT2D eigenvalue weighted by Crippen LogP contribution is -2.05. The number of nitrogens with one attached hydrogen (secondary N) is 1. The first-order chi connectivity index (χ1) is 9.55. The van der Waals surface area contributed by atoms with Crippen LogP contribution in [0, 0.1) is 6.92 Å². The van der Waals surface area contributed by atoms with E-state index >= 15 is 0 Å². The van der Waals surface area contributed by atoms with Gasteiger partial charge >= 0.3 is 0 Å². The molecule has 0 aliphatic carbocycles. The van der Waals surface area contributed by atoms with E-state index in [1.807, 2.05) is 25.1 Å². The Morgan fingerprint density at radius 1 is 1.30 bits per heavy atom. The van der Waals surface area contributed by atoms with Gasteiger partial charge in [-0.15, -0.1) is 11.3 Å². The van der Waals surface area contributed by atoms with Crippen molar-refractivity contribution in [3.8, 4) is 22.8 Å². The molecule has 1 aromatic heterocycles. The lowest BCUT2D eigenvalue weighted by molar-refractivity contribution is -0.114. The summed E-state index contributed by atoms with van der Waals surface area (Å²) in [7, 11) is 3.21. The molecule has 1 amide bonds. The Morgan fingerprint density at radius 3 is 2.65 bits per heavy atom. The molecule has 0 unspecified atom stereocenters. The molecule has 0 saturated carbocycles. The second kappa shape index (κ2) is 5.92. The van der Waals surface area contributed by atoms with E-state index in [2.05, 4.69) is 10.3 Å². The van der Waals surface area contributed by atoms with Gasteiger partial charge in [0, 0.05) is 23.4 Å². The van der Waals surface area contributed by atoms with E-state index in [1.165, 1.54) is 18.3 Å². The molecule has 106 valence electrons. The summed E-state index contributed by atoms with van der Waals surface area (Å²) in [5.41, 5.74) is 1.68. The molecule has 1 aromatic carbocycles. The molecule has 5 nitrogen and oxygen atoms in total. The number of nitrogens with zero attached hydrogens (tertiary/aromatic N) is 1. The van der Waals surface area contributed by atoms with Crippen LogP contribution in [-0.4, -0.2) is 25.1 Å². The Kier molecular flexibility index (Phi) is 4.24. The zero-order chi connectivity index (χ0) is 14.7. The molecule has 2 aromatic rings. The molecule has 0 radical (unpaired) electrons. The molecule has 2 rings (SSSR count). The minimum atomic E-state index is -0.132. The Hall–Kier alpha value is -2.08. The number of methoxy groups -OCH3 is 2. The summed E-state index contributed by atoms with van der Waals surface area (Å²) >= 11 is 1.44. The number of hydrogen-bond donors (Lipinski definition) is 1. The summed E-state index contributed by atoms with van der Waals surface area (Å²) < 4.78 is 10.6. The fraction of sp³-hybridized carbons (Fsp3) is 0.286. The van der Waals surface area contributed by atoms with Crippen molar-refractivity contribution in [1.82, 2.24) is 4.98 Å². The Bertz CT molecular complexity index is 637. The van der Waals surface area contributed by atoms with Gasteiger partial charge in [0.2, 0.25) is 5.91 Å². The number of aromatic nitrogens is 1. The van der Waals surface area contributed by atoms with Crippen molar-refractivity contribution in [1.29, 1.82) is 0 Å². The highest BCUT2D eigenvalue weighted by Crippen LogP contribution is 2.37. The molecule has 0 atom stereocenters. The standard InChI is InChI=1S/C14H16N2O3S/c1-8-13(16-14(20-8)15-9(2)17)11-6-5-10(18-3)7-12(11)19-4/h5-7H,1-4H3,(H,15,16,17). The highest BCUT2D eigenvalue weighted by Gasteiger charge is 2.15. The molecule has 0 bridgehead atoms. The van der Waals surface area contributed by atoms with Gasteiger partial charge in [0.15, 0.2) is 5.13 Å². The number of ether oxygens (including phenoxy) is 2. The Morgan fingerprint density at radius 2 is 2.05 bits per heavy atom. The minimum Gasteiger partial charge on any atom is -0.497 e. The van der Waals surface area contributed by atoms with Crippen molar-refractivity contribution < 1.29 is 14.3 Å². The zero-order valence-electron chi connectivity index (χ0n) is 11.8. The molecule has 0 fully saturated rings. The lowest BCUT2D eigenvalue weighted by Gasteiger charge is -2.09. The second-order valence-corrected chi connectivity index (χ2v) is 5.37. The van der Waals surface area contributed by atoms with Gasteiger partial charge in [-0.05, 0) is 19.1 Å². The van der Waals surface area contributed by atoms with Gasteiger partial charge in [0.05, 0.1) is 19.9 Å². The van der Waals surface area contributed by atoms with Gasteiger partial charge in [-0.3, -0.25) is 4.79 Å². The number of hydrogen-bond acceptors (Lipinski definition) is 5. The molecule has 0 aliphatic heterocycles. The Labute approximate surface area is 121 Å². The van der Waals surface area contributed by atoms with Crippen LogP contribution in [0.25, 0.3) is 11.3 Å². The van der Waals surface area contributed by atoms with E-state index < -0.39 is 0 Å². The van der Waals surface area contributed by atoms with E-state index in [1.54, 1.807) is 14.2 Å². The van der Waals surface area contributed by atoms with Crippen LogP contribution in [0.5, 0.6) is 11.5 Å². The number of aryl methyl sites for hydroxylation is 1. The molecule has 20 heavy (non-hydrogen) atoms. The van der Waals surface area contributed by atoms with Crippen LogP contribution in [0.15, 0.2) is 18.2 Å². The maximum Gasteiger partial charge on any atom is 0.223 e. The maximum atomic E-state index is 11.1. The summed E-state index contributed by atoms with van der Waals surface area (Å²) in [4.78, 5) is 16.6. The SMILES string of the molecule is COc1ccc(-c2nc(NC(C)=O)sc2C)c(OC)c1. The summed E-state index contributed by atoms with van der Waals surface area (Å²) in [6.07, 6.45) is 0. The molecular formula is C14H16N2O3S. The number of carbonyl (C=O) groups excluding carboxylic acids is 1. The van der Waals surface area contributed by atoms with Crippen molar-refractivity contribution >= 4 is 22.4 Å². The van der Waals surface area contributed by atoms with Crippen LogP contribution < -0.4 is 14.8 Å². The van der Waals surface area contributed by atoms with Crippen molar-refractivity contribution in [2.45, 2.75) is 13.8 Å². The van der Waals surface area contributed by atoms with E-state index in [0.717, 1.165) is 21.9 Å². The molecule has 0 saturated heterocycles. The molecular weight excluding hydrogens is 276 g/mol. The van der Waals surface area contributed by atoms with E-state index in [0.29, 0.717) is 10.9 Å². The lowest BCUT2D eigenvalue weighted by atomic mass is 10.1. The van der Waals surface area contributed by atoms with Crippen LogP contribution in [0.1, 0.15) is 11.8 Å². The van der Waals surface area contributed by atoms with Gasteiger partial charge in [0.25, 0.3) is 0 Å². The van der Waals surface area contributed by atoms with Crippen molar-refractivity contribution in [3.63, 3.8) is 0 Å². The maximum absolute atomic E-state index is 11.1. The summed E-state index contributed by atoms with van der Waals surface area (Å²) in [5, 5.41) is 3.28. The van der Waals surface area contributed by atoms with Gasteiger partial charge in [0.1, 0.15) is 11.5 Å². The normalized spacial score (nSPS) is 10.2. The average molecular weight is 292 g/mol. The van der Waals surface area contributed by atoms with Gasteiger partial charge in [-0.1, -0.05) is 0 Å². The largest absolute Gasteiger partial charge is 0.497 e. The smallest absolute Gasteiger partial charge is 0.223 e. The molecule has 0 spiro atoms. The fourth-order valence-corrected chi connectivity index (χ4v) is 2.72. The third-order valence-electron chi connectivity index (χ3n) is 2.74. The highest BCUT2D eigenvalue weighted by atomic mass is 32.1. The molecule has 0 aliphatic rings. The quantitative estimate of drug-likeness (QED) is 0.940. The molecule has 1 N–H and O–H groups in total. The number of rotatable bonds is 4. The van der Waals surface area contributed by atoms with Crippen molar-refractivity contribution in [2.24, 2.45) is 0 Å². The molecule has 1 heterocycles. The fourth-order valence-electron chi connectivity index (χ4n) is 1.84. The van der Waals surface area contributed by atoms with Crippen molar-refractivity contribution in [2.75, 3.05) is 19.5 Å². The van der Waals surface area contributed by atoms with Gasteiger partial charge in [-0.25, -0.2) is 4.98 Å². The monoisotopic (exact) mass is 292 g/mol. The number of anilines is 1. The minimum absolute atomic E-state index is 0.132. The number of benzene rings is 1. The first-order valence-corrected chi connectivity index (χ1v) is 6.84. The van der Waals surface area contributed by atoms with Gasteiger partial charge < -0.3 is 14.8 Å². The number of amides is 1. The summed E-state index contributed by atoms with van der Waals surface area (Å²) in [6, 6.07) is 5.57. The first-order valence-electron chi connectivity index (χ1n) is 6.02. The summed E-state index contributed by atoms with van der Waals surface area (Å²) in [6.45, 7) is 3.42. The second-order valence-electron chi connectivity index (χ2n) is 4.17. The van der Waals surface area contributed by atoms with Crippen LogP contribution >= 0.6 is 11.3 Å². The van der Waals surface area contributed by atoms with Crippen LogP contribution in [0.2, 0.25) is 0 Å².